The number of unbranched alkanes of at least 4 members (excludes halogenated alkanes) is 1. The highest BCUT2D eigenvalue weighted by atomic mass is 32.2. The van der Waals surface area contributed by atoms with Crippen molar-refractivity contribution in [3.8, 4) is 0 Å². The number of nitrogens with one attached hydrogen (secondary N) is 2. The molecule has 2 amide bonds. The smallest absolute Gasteiger partial charge is 0.257 e. The molecule has 0 radical (unpaired) electrons. The van der Waals surface area contributed by atoms with Crippen LogP contribution in [0.5, 0.6) is 0 Å². The van der Waals surface area contributed by atoms with Crippen LogP contribution >= 0.6 is 0 Å². The quantitative estimate of drug-likeness (QED) is 0.622. The highest BCUT2D eigenvalue weighted by molar-refractivity contribution is 7.89. The number of amides is 2. The molecule has 2 N–H and O–H groups in total. The SMILES string of the molecule is CCCCNS(=O)(=O)c1cccc(NC(=O)[C@H]2CCCN(C(=O)c3ccoc3)C2)c1. The third-order valence-corrected chi connectivity index (χ3v) is 6.54. The molecule has 1 atom stereocenters. The van der Waals surface area contributed by atoms with Gasteiger partial charge in [0.2, 0.25) is 15.9 Å². The number of nitrogens with zero attached hydrogens (tertiary/aromatic N) is 1. The average Bonchev–Trinajstić information content (AvgIpc) is 3.28. The van der Waals surface area contributed by atoms with E-state index >= 15 is 0 Å². The van der Waals surface area contributed by atoms with Crippen LogP contribution in [0.1, 0.15) is 43.0 Å². The first-order valence-corrected chi connectivity index (χ1v) is 11.6. The van der Waals surface area contributed by atoms with E-state index < -0.39 is 10.0 Å². The molecule has 0 bridgehead atoms. The number of hydrogen-bond donors (Lipinski definition) is 2. The summed E-state index contributed by atoms with van der Waals surface area (Å²) in [6.07, 6.45) is 5.87. The van der Waals surface area contributed by atoms with Gasteiger partial charge in [0.1, 0.15) is 6.26 Å². The molecule has 1 saturated heterocycles. The van der Waals surface area contributed by atoms with Crippen LogP contribution in [0, 0.1) is 5.92 Å². The van der Waals surface area contributed by atoms with Crippen molar-refractivity contribution < 1.29 is 22.4 Å². The van der Waals surface area contributed by atoms with E-state index in [2.05, 4.69) is 10.0 Å². The molecule has 2 heterocycles. The van der Waals surface area contributed by atoms with Crippen molar-refractivity contribution in [3.05, 3.63) is 48.4 Å². The molecule has 0 spiro atoms. The number of likely N-dealkylation sites (tertiary alicyclic amines) is 1. The lowest BCUT2D eigenvalue weighted by atomic mass is 9.96. The number of piperidine rings is 1. The predicted octanol–water partition coefficient (Wildman–Crippen LogP) is 2.85. The Morgan fingerprint density at radius 3 is 2.83 bits per heavy atom. The Labute approximate surface area is 176 Å². The van der Waals surface area contributed by atoms with Crippen LogP contribution in [-0.2, 0) is 14.8 Å². The number of carbonyl (C=O) groups is 2. The topological polar surface area (TPSA) is 109 Å². The lowest BCUT2D eigenvalue weighted by molar-refractivity contribution is -0.121. The third kappa shape index (κ3) is 5.48. The van der Waals surface area contributed by atoms with Crippen LogP contribution in [0.2, 0.25) is 0 Å². The molecule has 0 unspecified atom stereocenters. The van der Waals surface area contributed by atoms with Crippen molar-refractivity contribution in [2.75, 3.05) is 25.0 Å². The van der Waals surface area contributed by atoms with Gasteiger partial charge in [0.25, 0.3) is 5.91 Å². The minimum absolute atomic E-state index is 0.108. The Kier molecular flexibility index (Phi) is 7.28. The summed E-state index contributed by atoms with van der Waals surface area (Å²) in [5.74, 6) is -0.752. The monoisotopic (exact) mass is 433 g/mol. The van der Waals surface area contributed by atoms with E-state index in [9.17, 15) is 18.0 Å². The van der Waals surface area contributed by atoms with E-state index in [0.717, 1.165) is 19.3 Å². The van der Waals surface area contributed by atoms with Crippen molar-refractivity contribution in [2.24, 2.45) is 5.92 Å². The van der Waals surface area contributed by atoms with Crippen LogP contribution in [0.15, 0.2) is 52.2 Å². The number of furan rings is 1. The second-order valence-electron chi connectivity index (χ2n) is 7.37. The molecule has 1 fully saturated rings. The summed E-state index contributed by atoms with van der Waals surface area (Å²) in [4.78, 5) is 27.0. The highest BCUT2D eigenvalue weighted by Crippen LogP contribution is 2.22. The fourth-order valence-corrected chi connectivity index (χ4v) is 4.52. The number of sulfonamides is 1. The van der Waals surface area contributed by atoms with Gasteiger partial charge in [-0.05, 0) is 43.5 Å². The van der Waals surface area contributed by atoms with E-state index in [0.29, 0.717) is 37.3 Å². The van der Waals surface area contributed by atoms with Gasteiger partial charge in [-0.15, -0.1) is 0 Å². The zero-order valence-corrected chi connectivity index (χ0v) is 17.8. The molecule has 0 saturated carbocycles. The van der Waals surface area contributed by atoms with Gasteiger partial charge in [-0.2, -0.15) is 0 Å². The van der Waals surface area contributed by atoms with Gasteiger partial charge < -0.3 is 14.6 Å². The molecular weight excluding hydrogens is 406 g/mol. The second-order valence-corrected chi connectivity index (χ2v) is 9.14. The van der Waals surface area contributed by atoms with E-state index in [4.69, 9.17) is 4.42 Å². The highest BCUT2D eigenvalue weighted by Gasteiger charge is 2.29. The first-order valence-electron chi connectivity index (χ1n) is 10.1. The predicted molar refractivity (Wildman–Crippen MR) is 113 cm³/mol. The normalized spacial score (nSPS) is 17.0. The van der Waals surface area contributed by atoms with Gasteiger partial charge in [0.05, 0.1) is 22.6 Å². The summed E-state index contributed by atoms with van der Waals surface area (Å²) in [6.45, 7) is 3.26. The van der Waals surface area contributed by atoms with Crippen LogP contribution in [0.4, 0.5) is 5.69 Å². The van der Waals surface area contributed by atoms with Crippen molar-refractivity contribution in [3.63, 3.8) is 0 Å². The Morgan fingerprint density at radius 2 is 2.10 bits per heavy atom. The maximum Gasteiger partial charge on any atom is 0.257 e. The zero-order chi connectivity index (χ0) is 21.6. The largest absolute Gasteiger partial charge is 0.472 e. The summed E-state index contributed by atoms with van der Waals surface area (Å²) < 4.78 is 32.3. The molecule has 8 nitrogen and oxygen atoms in total. The molecule has 1 aromatic heterocycles. The number of carbonyl (C=O) groups excluding carboxylic acids is 2. The first kappa shape index (κ1) is 22.0. The van der Waals surface area contributed by atoms with Gasteiger partial charge in [0, 0.05) is 25.3 Å². The Hall–Kier alpha value is -2.65. The fourth-order valence-electron chi connectivity index (χ4n) is 3.40. The van der Waals surface area contributed by atoms with Crippen LogP contribution in [-0.4, -0.2) is 44.8 Å². The summed E-state index contributed by atoms with van der Waals surface area (Å²) in [7, 11) is -3.62. The van der Waals surface area contributed by atoms with E-state index in [-0.39, 0.29) is 22.6 Å². The number of benzene rings is 1. The van der Waals surface area contributed by atoms with Crippen molar-refractivity contribution in [1.29, 1.82) is 0 Å². The molecule has 1 aliphatic heterocycles. The maximum atomic E-state index is 12.8. The number of anilines is 1. The van der Waals surface area contributed by atoms with E-state index in [1.54, 1.807) is 23.1 Å². The Bertz CT molecular complexity index is 972. The molecular formula is C21H27N3O5S. The summed E-state index contributed by atoms with van der Waals surface area (Å²) in [5, 5.41) is 2.80. The van der Waals surface area contributed by atoms with E-state index in [1.807, 2.05) is 6.92 Å². The van der Waals surface area contributed by atoms with Crippen LogP contribution in [0.25, 0.3) is 0 Å². The van der Waals surface area contributed by atoms with Crippen molar-refractivity contribution >= 4 is 27.5 Å². The van der Waals surface area contributed by atoms with E-state index in [1.165, 1.54) is 24.7 Å². The van der Waals surface area contributed by atoms with Gasteiger partial charge in [-0.25, -0.2) is 13.1 Å². The fraction of sp³-hybridized carbons (Fsp3) is 0.429. The van der Waals surface area contributed by atoms with Gasteiger partial charge in [-0.1, -0.05) is 19.4 Å². The van der Waals surface area contributed by atoms with Crippen molar-refractivity contribution in [2.45, 2.75) is 37.5 Å². The molecule has 0 aliphatic carbocycles. The zero-order valence-electron chi connectivity index (χ0n) is 17.0. The molecule has 3 rings (SSSR count). The minimum Gasteiger partial charge on any atom is -0.472 e. The first-order chi connectivity index (χ1) is 14.4. The molecule has 9 heteroatoms. The standard InChI is InChI=1S/C21H27N3O5S/c1-2-3-10-22-30(27,28)19-8-4-7-18(13-19)23-20(25)16-6-5-11-24(14-16)21(26)17-9-12-29-15-17/h4,7-9,12-13,15-16,22H,2-3,5-6,10-11,14H2,1H3,(H,23,25)/t16-/m0/s1. The van der Waals surface area contributed by atoms with Crippen molar-refractivity contribution in [1.82, 2.24) is 9.62 Å². The summed E-state index contributed by atoms with van der Waals surface area (Å²) in [6, 6.07) is 7.80. The van der Waals surface area contributed by atoms with Crippen LogP contribution < -0.4 is 10.0 Å². The molecule has 30 heavy (non-hydrogen) atoms. The lowest BCUT2D eigenvalue weighted by Crippen LogP contribution is -2.43. The Morgan fingerprint density at radius 1 is 1.27 bits per heavy atom. The molecule has 1 aliphatic rings. The van der Waals surface area contributed by atoms with Crippen LogP contribution in [0.3, 0.4) is 0 Å². The maximum absolute atomic E-state index is 12.8. The molecule has 162 valence electrons. The minimum atomic E-state index is -3.62. The second kappa shape index (κ2) is 9.90. The van der Waals surface area contributed by atoms with Gasteiger partial charge in [-0.3, -0.25) is 9.59 Å². The summed E-state index contributed by atoms with van der Waals surface area (Å²) >= 11 is 0. The number of hydrogen-bond acceptors (Lipinski definition) is 5. The molecule has 2 aromatic rings. The lowest BCUT2D eigenvalue weighted by Gasteiger charge is -2.31. The Balaban J connectivity index is 1.63. The molecule has 1 aromatic carbocycles. The average molecular weight is 434 g/mol. The van der Waals surface area contributed by atoms with Gasteiger partial charge in [0.15, 0.2) is 0 Å². The number of rotatable bonds is 8. The third-order valence-electron chi connectivity index (χ3n) is 5.08. The van der Waals surface area contributed by atoms with Gasteiger partial charge >= 0.3 is 0 Å². The summed E-state index contributed by atoms with van der Waals surface area (Å²) in [5.41, 5.74) is 0.876.